The first-order chi connectivity index (χ1) is 9.25. The molecule has 0 aliphatic rings. The highest BCUT2D eigenvalue weighted by atomic mass is 16.1. The fourth-order valence-electron chi connectivity index (χ4n) is 1.80. The number of primary amides is 1. The van der Waals surface area contributed by atoms with Gasteiger partial charge in [0.1, 0.15) is 0 Å². The van der Waals surface area contributed by atoms with E-state index >= 15 is 0 Å². The second kappa shape index (κ2) is 6.66. The van der Waals surface area contributed by atoms with Crippen LogP contribution in [0.1, 0.15) is 21.5 Å². The lowest BCUT2D eigenvalue weighted by atomic mass is 10.1. The summed E-state index contributed by atoms with van der Waals surface area (Å²) >= 11 is 0. The van der Waals surface area contributed by atoms with Crippen LogP contribution in [0, 0.1) is 0 Å². The second-order valence-corrected chi connectivity index (χ2v) is 4.34. The fraction of sp³-hybridized carbons (Fsp3) is 0.200. The number of benzene rings is 1. The van der Waals surface area contributed by atoms with Gasteiger partial charge in [0, 0.05) is 24.5 Å². The van der Waals surface area contributed by atoms with E-state index in [1.165, 1.54) is 5.56 Å². The fourth-order valence-corrected chi connectivity index (χ4v) is 1.80. The van der Waals surface area contributed by atoms with Gasteiger partial charge < -0.3 is 11.1 Å². The van der Waals surface area contributed by atoms with E-state index in [2.05, 4.69) is 10.3 Å². The lowest BCUT2D eigenvalue weighted by Gasteiger charge is -2.05. The maximum absolute atomic E-state index is 10.9. The van der Waals surface area contributed by atoms with E-state index in [9.17, 15) is 4.79 Å². The molecule has 1 aromatic heterocycles. The number of nitrogens with two attached hydrogens (primary N) is 1. The van der Waals surface area contributed by atoms with Gasteiger partial charge in [0.2, 0.25) is 5.91 Å². The third kappa shape index (κ3) is 4.19. The van der Waals surface area contributed by atoms with Crippen LogP contribution in [0.5, 0.6) is 0 Å². The summed E-state index contributed by atoms with van der Waals surface area (Å²) in [6.45, 7) is 1.69. The maximum Gasteiger partial charge on any atom is 0.248 e. The zero-order chi connectivity index (χ0) is 13.5. The smallest absolute Gasteiger partial charge is 0.248 e. The molecular formula is C15H17N3O. The normalized spacial score (nSPS) is 10.3. The van der Waals surface area contributed by atoms with Crippen molar-refractivity contribution in [1.29, 1.82) is 0 Å². The SMILES string of the molecule is NC(=O)c1ccc(CNCCc2ccncc2)cc1. The number of carbonyl (C=O) groups excluding carboxylic acids is 1. The van der Waals surface area contributed by atoms with Gasteiger partial charge in [-0.3, -0.25) is 9.78 Å². The molecule has 2 rings (SSSR count). The predicted octanol–water partition coefficient (Wildman–Crippen LogP) is 1.51. The molecule has 0 bridgehead atoms. The Morgan fingerprint density at radius 2 is 1.74 bits per heavy atom. The van der Waals surface area contributed by atoms with Gasteiger partial charge >= 0.3 is 0 Å². The predicted molar refractivity (Wildman–Crippen MR) is 74.6 cm³/mol. The minimum absolute atomic E-state index is 0.391. The summed E-state index contributed by atoms with van der Waals surface area (Å²) in [6, 6.07) is 11.4. The van der Waals surface area contributed by atoms with Crippen molar-refractivity contribution in [1.82, 2.24) is 10.3 Å². The van der Waals surface area contributed by atoms with E-state index in [-0.39, 0.29) is 0 Å². The average Bonchev–Trinajstić information content (AvgIpc) is 2.45. The molecule has 1 amide bonds. The first-order valence-corrected chi connectivity index (χ1v) is 6.24. The van der Waals surface area contributed by atoms with Crippen LogP contribution in [-0.4, -0.2) is 17.4 Å². The molecule has 0 spiro atoms. The van der Waals surface area contributed by atoms with Gasteiger partial charge in [-0.15, -0.1) is 0 Å². The molecule has 0 radical (unpaired) electrons. The van der Waals surface area contributed by atoms with Crippen molar-refractivity contribution in [3.8, 4) is 0 Å². The van der Waals surface area contributed by atoms with Crippen LogP contribution < -0.4 is 11.1 Å². The molecule has 19 heavy (non-hydrogen) atoms. The monoisotopic (exact) mass is 255 g/mol. The van der Waals surface area contributed by atoms with E-state index in [4.69, 9.17) is 5.73 Å². The van der Waals surface area contributed by atoms with Crippen LogP contribution in [0.3, 0.4) is 0 Å². The zero-order valence-electron chi connectivity index (χ0n) is 10.7. The van der Waals surface area contributed by atoms with Gasteiger partial charge in [-0.25, -0.2) is 0 Å². The molecule has 0 fully saturated rings. The molecule has 0 saturated carbocycles. The summed E-state index contributed by atoms with van der Waals surface area (Å²) in [5, 5.41) is 3.36. The minimum Gasteiger partial charge on any atom is -0.366 e. The summed E-state index contributed by atoms with van der Waals surface area (Å²) in [5.74, 6) is -0.391. The molecule has 2 aromatic rings. The Bertz CT molecular complexity index is 523. The summed E-state index contributed by atoms with van der Waals surface area (Å²) in [4.78, 5) is 14.9. The van der Waals surface area contributed by atoms with Crippen molar-refractivity contribution in [2.45, 2.75) is 13.0 Å². The number of rotatable bonds is 6. The molecule has 1 heterocycles. The van der Waals surface area contributed by atoms with Gasteiger partial charge in [0.25, 0.3) is 0 Å². The van der Waals surface area contributed by atoms with E-state index in [0.717, 1.165) is 25.1 Å². The number of hydrogen-bond donors (Lipinski definition) is 2. The molecule has 98 valence electrons. The highest BCUT2D eigenvalue weighted by Gasteiger charge is 1.99. The van der Waals surface area contributed by atoms with E-state index in [1.54, 1.807) is 24.5 Å². The van der Waals surface area contributed by atoms with E-state index < -0.39 is 5.91 Å². The topological polar surface area (TPSA) is 68.0 Å². The highest BCUT2D eigenvalue weighted by molar-refractivity contribution is 5.92. The van der Waals surface area contributed by atoms with Crippen molar-refractivity contribution in [2.75, 3.05) is 6.54 Å². The van der Waals surface area contributed by atoms with Crippen LogP contribution in [-0.2, 0) is 13.0 Å². The Labute approximate surface area is 112 Å². The first kappa shape index (κ1) is 13.2. The first-order valence-electron chi connectivity index (χ1n) is 6.24. The van der Waals surface area contributed by atoms with Crippen LogP contribution in [0.15, 0.2) is 48.8 Å². The van der Waals surface area contributed by atoms with E-state index in [0.29, 0.717) is 5.56 Å². The Morgan fingerprint density at radius 3 is 2.37 bits per heavy atom. The quantitative estimate of drug-likeness (QED) is 0.769. The van der Waals surface area contributed by atoms with Crippen molar-refractivity contribution in [3.05, 3.63) is 65.5 Å². The standard InChI is InChI=1S/C15H17N3O/c16-15(19)14-3-1-13(2-4-14)11-18-10-7-12-5-8-17-9-6-12/h1-6,8-9,18H,7,10-11H2,(H2,16,19). The number of nitrogens with zero attached hydrogens (tertiary/aromatic N) is 1. The van der Waals surface area contributed by atoms with Crippen LogP contribution in [0.4, 0.5) is 0 Å². The number of hydrogen-bond acceptors (Lipinski definition) is 3. The van der Waals surface area contributed by atoms with Gasteiger partial charge in [-0.1, -0.05) is 12.1 Å². The molecule has 0 unspecified atom stereocenters. The lowest BCUT2D eigenvalue weighted by molar-refractivity contribution is 0.100. The van der Waals surface area contributed by atoms with Gasteiger partial charge in [-0.05, 0) is 48.4 Å². The molecule has 4 nitrogen and oxygen atoms in total. The largest absolute Gasteiger partial charge is 0.366 e. The van der Waals surface area contributed by atoms with Gasteiger partial charge in [-0.2, -0.15) is 0 Å². The van der Waals surface area contributed by atoms with Crippen LogP contribution in [0.25, 0.3) is 0 Å². The highest BCUT2D eigenvalue weighted by Crippen LogP contribution is 2.03. The third-order valence-electron chi connectivity index (χ3n) is 2.91. The summed E-state index contributed by atoms with van der Waals surface area (Å²) in [6.07, 6.45) is 4.58. The van der Waals surface area contributed by atoms with Crippen molar-refractivity contribution in [3.63, 3.8) is 0 Å². The number of carbonyl (C=O) groups is 1. The van der Waals surface area contributed by atoms with E-state index in [1.807, 2.05) is 24.3 Å². The second-order valence-electron chi connectivity index (χ2n) is 4.34. The summed E-state index contributed by atoms with van der Waals surface area (Å²) in [7, 11) is 0. The number of amides is 1. The molecule has 0 aliphatic heterocycles. The Morgan fingerprint density at radius 1 is 1.05 bits per heavy atom. The Hall–Kier alpha value is -2.20. The van der Waals surface area contributed by atoms with Gasteiger partial charge in [0.15, 0.2) is 0 Å². The molecule has 0 aliphatic carbocycles. The minimum atomic E-state index is -0.391. The molecule has 0 atom stereocenters. The maximum atomic E-state index is 10.9. The van der Waals surface area contributed by atoms with Crippen molar-refractivity contribution < 1.29 is 4.79 Å². The molecular weight excluding hydrogens is 238 g/mol. The average molecular weight is 255 g/mol. The third-order valence-corrected chi connectivity index (χ3v) is 2.91. The van der Waals surface area contributed by atoms with Crippen molar-refractivity contribution in [2.24, 2.45) is 5.73 Å². The van der Waals surface area contributed by atoms with Crippen molar-refractivity contribution >= 4 is 5.91 Å². The number of aromatic nitrogens is 1. The summed E-state index contributed by atoms with van der Waals surface area (Å²) < 4.78 is 0. The molecule has 3 N–H and O–H groups in total. The summed E-state index contributed by atoms with van der Waals surface area (Å²) in [5.41, 5.74) is 8.14. The van der Waals surface area contributed by atoms with Crippen LogP contribution >= 0.6 is 0 Å². The number of pyridine rings is 1. The van der Waals surface area contributed by atoms with Gasteiger partial charge in [0.05, 0.1) is 0 Å². The zero-order valence-corrected chi connectivity index (χ0v) is 10.7. The molecule has 1 aromatic carbocycles. The lowest BCUT2D eigenvalue weighted by Crippen LogP contribution is -2.17. The Kier molecular flexibility index (Phi) is 4.64. The Balaban J connectivity index is 1.75. The van der Waals surface area contributed by atoms with Crippen LogP contribution in [0.2, 0.25) is 0 Å². The molecule has 0 saturated heterocycles. The molecule has 4 heteroatoms. The number of nitrogens with one attached hydrogen (secondary N) is 1.